The van der Waals surface area contributed by atoms with Crippen LogP contribution in [0.2, 0.25) is 0 Å². The summed E-state index contributed by atoms with van der Waals surface area (Å²) in [4.78, 5) is 4.51. The molecule has 21 heavy (non-hydrogen) atoms. The fraction of sp³-hybridized carbons (Fsp3) is 0.133. The van der Waals surface area contributed by atoms with E-state index in [0.717, 1.165) is 21.8 Å². The van der Waals surface area contributed by atoms with Crippen LogP contribution in [0.1, 0.15) is 11.3 Å². The Hall–Kier alpha value is -1.37. The molecule has 0 aliphatic carbocycles. The van der Waals surface area contributed by atoms with E-state index in [1.54, 1.807) is 34.8 Å². The average Bonchev–Trinajstić information content (AvgIpc) is 3.08. The van der Waals surface area contributed by atoms with Crippen molar-refractivity contribution in [2.45, 2.75) is 11.5 Å². The molecule has 1 unspecified atom stereocenters. The lowest BCUT2D eigenvalue weighted by Gasteiger charge is -2.01. The molecule has 0 spiro atoms. The van der Waals surface area contributed by atoms with Crippen molar-refractivity contribution in [3.8, 4) is 10.6 Å². The minimum atomic E-state index is -1.08. The maximum atomic E-state index is 13.1. The molecule has 0 N–H and O–H groups in total. The normalized spacial score (nSPS) is 12.4. The van der Waals surface area contributed by atoms with Gasteiger partial charge in [-0.2, -0.15) is 11.3 Å². The van der Waals surface area contributed by atoms with Gasteiger partial charge in [0.25, 0.3) is 0 Å². The first-order chi connectivity index (χ1) is 10.2. The molecule has 1 atom stereocenters. The fourth-order valence-electron chi connectivity index (χ4n) is 1.92. The van der Waals surface area contributed by atoms with Crippen molar-refractivity contribution in [3.05, 3.63) is 63.5 Å². The Labute approximate surface area is 132 Å². The Bertz CT molecular complexity index is 752. The van der Waals surface area contributed by atoms with Crippen molar-refractivity contribution in [1.29, 1.82) is 0 Å². The summed E-state index contributed by atoms with van der Waals surface area (Å²) in [7, 11) is -1.08. The van der Waals surface area contributed by atoms with E-state index in [1.807, 2.05) is 22.2 Å². The topological polar surface area (TPSA) is 30.0 Å². The molecule has 0 saturated heterocycles. The SMILES string of the molecule is O=S(Cc1cccc(F)c1)Cc1csc(-c2ccsc2)n1. The number of halogens is 1. The number of hydrogen-bond donors (Lipinski definition) is 0. The summed E-state index contributed by atoms with van der Waals surface area (Å²) in [6.07, 6.45) is 0. The summed E-state index contributed by atoms with van der Waals surface area (Å²) in [5.41, 5.74) is 2.68. The summed E-state index contributed by atoms with van der Waals surface area (Å²) in [6, 6.07) is 8.27. The second-order valence-electron chi connectivity index (χ2n) is 4.51. The van der Waals surface area contributed by atoms with Gasteiger partial charge in [0, 0.05) is 32.9 Å². The molecule has 2 nitrogen and oxygen atoms in total. The third kappa shape index (κ3) is 3.84. The van der Waals surface area contributed by atoms with Gasteiger partial charge in [-0.15, -0.1) is 11.3 Å². The van der Waals surface area contributed by atoms with Gasteiger partial charge >= 0.3 is 0 Å². The predicted octanol–water partition coefficient (Wildman–Crippen LogP) is 4.46. The van der Waals surface area contributed by atoms with Crippen molar-refractivity contribution in [1.82, 2.24) is 4.98 Å². The Morgan fingerprint density at radius 3 is 2.86 bits per heavy atom. The third-order valence-electron chi connectivity index (χ3n) is 2.85. The van der Waals surface area contributed by atoms with E-state index in [1.165, 1.54) is 12.1 Å². The third-order valence-corrected chi connectivity index (χ3v) is 5.74. The second kappa shape index (κ2) is 6.60. The molecule has 0 bridgehead atoms. The Morgan fingerprint density at radius 2 is 2.10 bits per heavy atom. The summed E-state index contributed by atoms with van der Waals surface area (Å²) >= 11 is 3.19. The van der Waals surface area contributed by atoms with Crippen molar-refractivity contribution < 1.29 is 8.60 Å². The molecule has 3 aromatic rings. The van der Waals surface area contributed by atoms with Crippen molar-refractivity contribution >= 4 is 33.5 Å². The molecule has 1 aromatic carbocycles. The lowest BCUT2D eigenvalue weighted by atomic mass is 10.2. The van der Waals surface area contributed by atoms with Crippen LogP contribution in [0.25, 0.3) is 10.6 Å². The van der Waals surface area contributed by atoms with Crippen LogP contribution in [0.15, 0.2) is 46.5 Å². The average molecular weight is 337 g/mol. The first-order valence-electron chi connectivity index (χ1n) is 6.27. The monoisotopic (exact) mass is 337 g/mol. The predicted molar refractivity (Wildman–Crippen MR) is 87.4 cm³/mol. The number of thiazole rings is 1. The first-order valence-corrected chi connectivity index (χ1v) is 9.58. The van der Waals surface area contributed by atoms with E-state index in [4.69, 9.17) is 0 Å². The van der Waals surface area contributed by atoms with Gasteiger partial charge < -0.3 is 0 Å². The molecule has 0 fully saturated rings. The molecule has 3 rings (SSSR count). The van der Waals surface area contributed by atoms with Gasteiger partial charge in [-0.1, -0.05) is 12.1 Å². The maximum Gasteiger partial charge on any atom is 0.124 e. The highest BCUT2D eigenvalue weighted by molar-refractivity contribution is 7.83. The number of benzene rings is 1. The van der Waals surface area contributed by atoms with Gasteiger partial charge in [0.2, 0.25) is 0 Å². The van der Waals surface area contributed by atoms with Gasteiger partial charge in [0.1, 0.15) is 10.8 Å². The lowest BCUT2D eigenvalue weighted by molar-refractivity contribution is 0.626. The lowest BCUT2D eigenvalue weighted by Crippen LogP contribution is -2.00. The summed E-state index contributed by atoms with van der Waals surface area (Å²) in [5, 5.41) is 6.95. The Balaban J connectivity index is 1.65. The Kier molecular flexibility index (Phi) is 4.57. The van der Waals surface area contributed by atoms with E-state index in [2.05, 4.69) is 4.98 Å². The molecule has 0 aliphatic rings. The largest absolute Gasteiger partial charge is 0.259 e. The standard InChI is InChI=1S/C15H12FNOS3/c16-13-3-1-2-11(6-13)9-21(18)10-14-8-20-15(17-14)12-4-5-19-7-12/h1-8H,9-10H2. The van der Waals surface area contributed by atoms with Crippen LogP contribution in [0.3, 0.4) is 0 Å². The molecule has 108 valence electrons. The van der Waals surface area contributed by atoms with Crippen LogP contribution in [-0.2, 0) is 22.3 Å². The van der Waals surface area contributed by atoms with E-state index in [-0.39, 0.29) is 5.82 Å². The molecular weight excluding hydrogens is 325 g/mol. The van der Waals surface area contributed by atoms with Crippen LogP contribution in [0, 0.1) is 5.82 Å². The minimum absolute atomic E-state index is 0.294. The molecule has 2 heterocycles. The van der Waals surface area contributed by atoms with Gasteiger partial charge in [-0.3, -0.25) is 4.21 Å². The second-order valence-corrected chi connectivity index (χ2v) is 7.61. The molecular formula is C15H12FNOS3. The van der Waals surface area contributed by atoms with Gasteiger partial charge in [0.05, 0.1) is 11.4 Å². The van der Waals surface area contributed by atoms with Crippen LogP contribution in [-0.4, -0.2) is 9.19 Å². The summed E-state index contributed by atoms with van der Waals surface area (Å²) < 4.78 is 25.2. The Morgan fingerprint density at radius 1 is 1.19 bits per heavy atom. The highest BCUT2D eigenvalue weighted by atomic mass is 32.2. The first kappa shape index (κ1) is 14.6. The van der Waals surface area contributed by atoms with Crippen LogP contribution in [0.4, 0.5) is 4.39 Å². The smallest absolute Gasteiger partial charge is 0.124 e. The van der Waals surface area contributed by atoms with Crippen LogP contribution in [0.5, 0.6) is 0 Å². The van der Waals surface area contributed by atoms with E-state index in [9.17, 15) is 8.60 Å². The zero-order valence-electron chi connectivity index (χ0n) is 11.0. The highest BCUT2D eigenvalue weighted by Crippen LogP contribution is 2.26. The van der Waals surface area contributed by atoms with Crippen molar-refractivity contribution in [3.63, 3.8) is 0 Å². The van der Waals surface area contributed by atoms with E-state index >= 15 is 0 Å². The molecule has 2 aromatic heterocycles. The number of thiophene rings is 1. The molecule has 6 heteroatoms. The van der Waals surface area contributed by atoms with Crippen molar-refractivity contribution in [2.24, 2.45) is 0 Å². The van der Waals surface area contributed by atoms with Crippen LogP contribution < -0.4 is 0 Å². The van der Waals surface area contributed by atoms with Gasteiger partial charge in [0.15, 0.2) is 0 Å². The van der Waals surface area contributed by atoms with E-state index < -0.39 is 10.8 Å². The molecule has 0 aliphatic heterocycles. The minimum Gasteiger partial charge on any atom is -0.259 e. The molecule has 0 amide bonds. The number of nitrogens with zero attached hydrogens (tertiary/aromatic N) is 1. The van der Waals surface area contributed by atoms with Gasteiger partial charge in [-0.25, -0.2) is 9.37 Å². The highest BCUT2D eigenvalue weighted by Gasteiger charge is 2.09. The molecule has 0 saturated carbocycles. The summed E-state index contributed by atoms with van der Waals surface area (Å²) in [6.45, 7) is 0. The van der Waals surface area contributed by atoms with E-state index in [0.29, 0.717) is 11.5 Å². The zero-order valence-corrected chi connectivity index (χ0v) is 13.4. The zero-order chi connectivity index (χ0) is 14.7. The maximum absolute atomic E-state index is 13.1. The van der Waals surface area contributed by atoms with Crippen molar-refractivity contribution in [2.75, 3.05) is 0 Å². The number of hydrogen-bond acceptors (Lipinski definition) is 4. The number of aromatic nitrogens is 1. The quantitative estimate of drug-likeness (QED) is 0.688. The fourth-order valence-corrected chi connectivity index (χ4v) is 4.69. The molecule has 0 radical (unpaired) electrons. The van der Waals surface area contributed by atoms with Crippen LogP contribution >= 0.6 is 22.7 Å². The van der Waals surface area contributed by atoms with Gasteiger partial charge in [-0.05, 0) is 29.1 Å². The number of rotatable bonds is 5. The summed E-state index contributed by atoms with van der Waals surface area (Å²) in [5.74, 6) is 0.457.